The van der Waals surface area contributed by atoms with Crippen LogP contribution >= 0.6 is 23.5 Å². The van der Waals surface area contributed by atoms with E-state index >= 15 is 0 Å². The fraction of sp³-hybridized carbons (Fsp3) is 0.385. The first-order valence-electron chi connectivity index (χ1n) is 6.15. The number of aryl methyl sites for hydroxylation is 1. The molecule has 1 aromatic heterocycles. The molecule has 1 atom stereocenters. The number of hydrogen-bond acceptors (Lipinski definition) is 4. The quantitative estimate of drug-likeness (QED) is 0.923. The molecule has 1 fully saturated rings. The molecule has 19 heavy (non-hydrogen) atoms. The topological polar surface area (TPSA) is 46.9 Å². The zero-order chi connectivity index (χ0) is 13.2. The number of imidazole rings is 1. The van der Waals surface area contributed by atoms with E-state index in [1.807, 2.05) is 41.6 Å². The van der Waals surface area contributed by atoms with Gasteiger partial charge in [-0.05, 0) is 18.2 Å². The standard InChI is InChI=1S/C13H15N3OS2/c1-16-8-14-10-3-2-9(6-11(10)16)15-13(17)12-7-18-4-5-19-12/h2-3,6,8,12H,4-5,7H2,1H3,(H,15,17). The minimum Gasteiger partial charge on any atom is -0.334 e. The zero-order valence-corrected chi connectivity index (χ0v) is 12.3. The van der Waals surface area contributed by atoms with E-state index in [9.17, 15) is 4.79 Å². The Morgan fingerprint density at radius 2 is 2.37 bits per heavy atom. The second-order valence-corrected chi connectivity index (χ2v) is 6.94. The molecule has 1 unspecified atom stereocenters. The number of benzene rings is 1. The molecule has 3 rings (SSSR count). The summed E-state index contributed by atoms with van der Waals surface area (Å²) in [5, 5.41) is 3.08. The van der Waals surface area contributed by atoms with E-state index in [1.165, 1.54) is 0 Å². The third kappa shape index (κ3) is 2.74. The third-order valence-electron chi connectivity index (χ3n) is 3.10. The van der Waals surface area contributed by atoms with Gasteiger partial charge in [-0.3, -0.25) is 4.79 Å². The molecule has 1 N–H and O–H groups in total. The minimum atomic E-state index is 0.0704. The summed E-state index contributed by atoms with van der Waals surface area (Å²) in [7, 11) is 1.95. The van der Waals surface area contributed by atoms with E-state index in [-0.39, 0.29) is 11.2 Å². The highest BCUT2D eigenvalue weighted by atomic mass is 32.2. The van der Waals surface area contributed by atoms with Crippen molar-refractivity contribution in [1.82, 2.24) is 9.55 Å². The Labute approximate surface area is 120 Å². The van der Waals surface area contributed by atoms with Crippen molar-refractivity contribution in [3.8, 4) is 0 Å². The highest BCUT2D eigenvalue weighted by Gasteiger charge is 2.22. The Morgan fingerprint density at radius 1 is 1.47 bits per heavy atom. The second-order valence-electron chi connectivity index (χ2n) is 4.48. The number of nitrogens with zero attached hydrogens (tertiary/aromatic N) is 2. The molecule has 1 saturated heterocycles. The average Bonchev–Trinajstić information content (AvgIpc) is 2.81. The van der Waals surface area contributed by atoms with Crippen LogP contribution in [0.4, 0.5) is 5.69 Å². The maximum atomic E-state index is 12.2. The van der Waals surface area contributed by atoms with Gasteiger partial charge in [0.1, 0.15) is 0 Å². The Bertz CT molecular complexity index is 605. The van der Waals surface area contributed by atoms with E-state index in [1.54, 1.807) is 18.1 Å². The number of aromatic nitrogens is 2. The predicted octanol–water partition coefficient (Wildman–Crippen LogP) is 2.36. The lowest BCUT2D eigenvalue weighted by molar-refractivity contribution is -0.115. The summed E-state index contributed by atoms with van der Waals surface area (Å²) in [4.78, 5) is 16.4. The summed E-state index contributed by atoms with van der Waals surface area (Å²) in [6.45, 7) is 0. The van der Waals surface area contributed by atoms with Crippen LogP contribution < -0.4 is 5.32 Å². The fourth-order valence-corrected chi connectivity index (χ4v) is 4.62. The number of rotatable bonds is 2. The number of carbonyl (C=O) groups is 1. The first kappa shape index (κ1) is 12.9. The van der Waals surface area contributed by atoms with Crippen LogP contribution in [0.2, 0.25) is 0 Å². The van der Waals surface area contributed by atoms with Crippen molar-refractivity contribution >= 4 is 46.2 Å². The summed E-state index contributed by atoms with van der Waals surface area (Å²) in [5.74, 6) is 3.22. The van der Waals surface area contributed by atoms with Gasteiger partial charge in [-0.15, -0.1) is 11.8 Å². The van der Waals surface area contributed by atoms with Crippen LogP contribution in [0.25, 0.3) is 11.0 Å². The van der Waals surface area contributed by atoms with Gasteiger partial charge < -0.3 is 9.88 Å². The summed E-state index contributed by atoms with van der Waals surface area (Å²) in [6.07, 6.45) is 1.78. The lowest BCUT2D eigenvalue weighted by atomic mass is 10.2. The van der Waals surface area contributed by atoms with Gasteiger partial charge in [0.05, 0.1) is 22.6 Å². The molecule has 100 valence electrons. The maximum Gasteiger partial charge on any atom is 0.238 e. The van der Waals surface area contributed by atoms with Gasteiger partial charge in [0.2, 0.25) is 5.91 Å². The smallest absolute Gasteiger partial charge is 0.238 e. The van der Waals surface area contributed by atoms with Gasteiger partial charge in [-0.25, -0.2) is 4.98 Å². The predicted molar refractivity (Wildman–Crippen MR) is 82.9 cm³/mol. The van der Waals surface area contributed by atoms with Crippen LogP contribution in [0.15, 0.2) is 24.5 Å². The van der Waals surface area contributed by atoms with Crippen molar-refractivity contribution in [3.63, 3.8) is 0 Å². The molecule has 1 aliphatic heterocycles. The second kappa shape index (κ2) is 5.46. The van der Waals surface area contributed by atoms with Crippen molar-refractivity contribution in [2.24, 2.45) is 7.05 Å². The molecule has 1 aliphatic rings. The highest BCUT2D eigenvalue weighted by molar-refractivity contribution is 8.07. The molecule has 0 bridgehead atoms. The molecule has 0 spiro atoms. The number of anilines is 1. The Hall–Kier alpha value is -1.14. The molecule has 0 radical (unpaired) electrons. The minimum absolute atomic E-state index is 0.0704. The van der Waals surface area contributed by atoms with Crippen molar-refractivity contribution in [1.29, 1.82) is 0 Å². The van der Waals surface area contributed by atoms with Crippen molar-refractivity contribution in [2.75, 3.05) is 22.6 Å². The summed E-state index contributed by atoms with van der Waals surface area (Å²) >= 11 is 3.60. The molecule has 0 aliphatic carbocycles. The first-order chi connectivity index (χ1) is 9.24. The maximum absolute atomic E-state index is 12.2. The zero-order valence-electron chi connectivity index (χ0n) is 10.6. The lowest BCUT2D eigenvalue weighted by Gasteiger charge is -2.20. The van der Waals surface area contributed by atoms with E-state index < -0.39 is 0 Å². The normalized spacial score (nSPS) is 19.5. The van der Waals surface area contributed by atoms with Gasteiger partial charge in [0.25, 0.3) is 0 Å². The highest BCUT2D eigenvalue weighted by Crippen LogP contribution is 2.25. The number of thioether (sulfide) groups is 2. The molecular weight excluding hydrogens is 278 g/mol. The van der Waals surface area contributed by atoms with Crippen LogP contribution in [0.5, 0.6) is 0 Å². The Kier molecular flexibility index (Phi) is 3.70. The largest absolute Gasteiger partial charge is 0.334 e. The van der Waals surface area contributed by atoms with Crippen LogP contribution in [0.3, 0.4) is 0 Å². The monoisotopic (exact) mass is 293 g/mol. The number of carbonyl (C=O) groups excluding carboxylic acids is 1. The lowest BCUT2D eigenvalue weighted by Crippen LogP contribution is -2.30. The van der Waals surface area contributed by atoms with Gasteiger partial charge in [0, 0.05) is 30.0 Å². The van der Waals surface area contributed by atoms with Gasteiger partial charge in [0.15, 0.2) is 0 Å². The number of fused-ring (bicyclic) bond motifs is 1. The van der Waals surface area contributed by atoms with Crippen LogP contribution in [-0.4, -0.2) is 38.0 Å². The molecule has 1 amide bonds. The van der Waals surface area contributed by atoms with Crippen molar-refractivity contribution < 1.29 is 4.79 Å². The molecule has 1 aromatic carbocycles. The first-order valence-corrected chi connectivity index (χ1v) is 8.36. The van der Waals surface area contributed by atoms with Crippen molar-refractivity contribution in [3.05, 3.63) is 24.5 Å². The average molecular weight is 293 g/mol. The molecule has 2 heterocycles. The number of hydrogen-bond donors (Lipinski definition) is 1. The van der Waals surface area contributed by atoms with E-state index in [0.29, 0.717) is 0 Å². The van der Waals surface area contributed by atoms with Crippen LogP contribution in [-0.2, 0) is 11.8 Å². The molecule has 0 saturated carbocycles. The SMILES string of the molecule is Cn1cnc2ccc(NC(=O)C3CSCCS3)cc21. The summed E-state index contributed by atoms with van der Waals surface area (Å²) < 4.78 is 1.95. The Morgan fingerprint density at radius 3 is 3.16 bits per heavy atom. The molecule has 4 nitrogen and oxygen atoms in total. The van der Waals surface area contributed by atoms with Gasteiger partial charge in [-0.2, -0.15) is 11.8 Å². The Balaban J connectivity index is 1.76. The summed E-state index contributed by atoms with van der Waals surface area (Å²) in [5.41, 5.74) is 2.82. The molecule has 6 heteroatoms. The molecular formula is C13H15N3OS2. The number of amides is 1. The van der Waals surface area contributed by atoms with E-state index in [0.717, 1.165) is 34.0 Å². The molecule has 2 aromatic rings. The van der Waals surface area contributed by atoms with Gasteiger partial charge in [-0.1, -0.05) is 0 Å². The van der Waals surface area contributed by atoms with E-state index in [4.69, 9.17) is 0 Å². The fourth-order valence-electron chi connectivity index (χ4n) is 2.07. The van der Waals surface area contributed by atoms with Crippen molar-refractivity contribution in [2.45, 2.75) is 5.25 Å². The number of nitrogens with one attached hydrogen (secondary N) is 1. The van der Waals surface area contributed by atoms with E-state index in [2.05, 4.69) is 10.3 Å². The van der Waals surface area contributed by atoms with Crippen LogP contribution in [0.1, 0.15) is 0 Å². The summed E-state index contributed by atoms with van der Waals surface area (Å²) in [6, 6.07) is 5.82. The van der Waals surface area contributed by atoms with Crippen LogP contribution in [0, 0.1) is 0 Å². The third-order valence-corrected chi connectivity index (χ3v) is 5.86. The van der Waals surface area contributed by atoms with Gasteiger partial charge >= 0.3 is 0 Å².